The van der Waals surface area contributed by atoms with Crippen LogP contribution in [0.4, 0.5) is 5.69 Å². The van der Waals surface area contributed by atoms with Gasteiger partial charge in [0.15, 0.2) is 0 Å². The van der Waals surface area contributed by atoms with E-state index in [1.54, 1.807) is 18.3 Å². The Morgan fingerprint density at radius 2 is 1.79 bits per heavy atom. The van der Waals surface area contributed by atoms with E-state index in [1.807, 2.05) is 39.0 Å². The van der Waals surface area contributed by atoms with Gasteiger partial charge in [0.25, 0.3) is 5.91 Å². The van der Waals surface area contributed by atoms with E-state index in [1.165, 1.54) is 11.1 Å². The number of nitrogens with zero attached hydrogens (tertiary/aromatic N) is 3. The van der Waals surface area contributed by atoms with Crippen LogP contribution < -0.4 is 9.73 Å². The molecule has 0 saturated heterocycles. The highest BCUT2D eigenvalue weighted by Gasteiger charge is 2.22. The van der Waals surface area contributed by atoms with Crippen LogP contribution in [0.25, 0.3) is 5.69 Å². The third-order valence-electron chi connectivity index (χ3n) is 5.79. The number of amides is 1. The van der Waals surface area contributed by atoms with Crippen LogP contribution in [-0.4, -0.2) is 37.9 Å². The molecule has 0 aliphatic heterocycles. The van der Waals surface area contributed by atoms with Crippen LogP contribution in [0.15, 0.2) is 53.6 Å². The molecular formula is C26H32N4O3S. The van der Waals surface area contributed by atoms with Crippen molar-refractivity contribution in [2.24, 2.45) is 5.10 Å². The number of hydrazone groups is 1. The lowest BCUT2D eigenvalue weighted by molar-refractivity contribution is -0.119. The van der Waals surface area contributed by atoms with E-state index in [0.717, 1.165) is 38.8 Å². The quantitative estimate of drug-likeness (QED) is 0.388. The largest absolute Gasteiger partial charge is 0.318 e. The van der Waals surface area contributed by atoms with Crippen LogP contribution in [0.5, 0.6) is 0 Å². The minimum absolute atomic E-state index is 0.352. The lowest BCUT2D eigenvalue weighted by Gasteiger charge is -2.23. The second-order valence-electron chi connectivity index (χ2n) is 8.50. The van der Waals surface area contributed by atoms with Crippen LogP contribution >= 0.6 is 0 Å². The Labute approximate surface area is 202 Å². The van der Waals surface area contributed by atoms with Crippen molar-refractivity contribution in [1.29, 1.82) is 0 Å². The van der Waals surface area contributed by atoms with Crippen LogP contribution in [0.2, 0.25) is 0 Å². The number of hydrogen-bond acceptors (Lipinski definition) is 4. The van der Waals surface area contributed by atoms with E-state index < -0.39 is 15.9 Å². The number of aromatic nitrogens is 1. The molecule has 34 heavy (non-hydrogen) atoms. The normalized spacial score (nSPS) is 11.7. The van der Waals surface area contributed by atoms with E-state index in [-0.39, 0.29) is 6.54 Å². The summed E-state index contributed by atoms with van der Waals surface area (Å²) >= 11 is 0. The first kappa shape index (κ1) is 25.2. The van der Waals surface area contributed by atoms with Gasteiger partial charge in [0, 0.05) is 22.6 Å². The Morgan fingerprint density at radius 1 is 1.09 bits per heavy atom. The van der Waals surface area contributed by atoms with Crippen molar-refractivity contribution in [2.45, 2.75) is 41.0 Å². The molecule has 0 spiro atoms. The van der Waals surface area contributed by atoms with E-state index in [0.29, 0.717) is 12.1 Å². The molecule has 0 aliphatic carbocycles. The van der Waals surface area contributed by atoms with E-state index >= 15 is 0 Å². The summed E-state index contributed by atoms with van der Waals surface area (Å²) in [6.45, 7) is 9.77. The molecule has 0 bridgehead atoms. The summed E-state index contributed by atoms with van der Waals surface area (Å²) in [7, 11) is -3.65. The summed E-state index contributed by atoms with van der Waals surface area (Å²) in [5.41, 5.74) is 10.2. The zero-order valence-corrected chi connectivity index (χ0v) is 21.4. The highest BCUT2D eigenvalue weighted by molar-refractivity contribution is 7.92. The summed E-state index contributed by atoms with van der Waals surface area (Å²) in [5, 5.41) is 4.10. The molecule has 1 heterocycles. The topological polar surface area (TPSA) is 83.8 Å². The Balaban J connectivity index is 1.78. The fourth-order valence-corrected chi connectivity index (χ4v) is 5.01. The fraction of sp³-hybridized carbons (Fsp3) is 0.308. The molecule has 0 unspecified atom stereocenters. The Morgan fingerprint density at radius 3 is 2.44 bits per heavy atom. The number of carbonyl (C=O) groups is 1. The molecule has 0 aliphatic rings. The third kappa shape index (κ3) is 5.56. The molecule has 180 valence electrons. The summed E-state index contributed by atoms with van der Waals surface area (Å²) in [6, 6.07) is 15.5. The van der Waals surface area contributed by atoms with Gasteiger partial charge in [0.1, 0.15) is 6.54 Å². The first-order chi connectivity index (χ1) is 16.0. The molecule has 3 aromatic rings. The molecule has 7 nitrogen and oxygen atoms in total. The minimum Gasteiger partial charge on any atom is -0.318 e. The van der Waals surface area contributed by atoms with Gasteiger partial charge in [0.2, 0.25) is 10.0 Å². The zero-order chi connectivity index (χ0) is 25.0. The highest BCUT2D eigenvalue weighted by atomic mass is 32.2. The van der Waals surface area contributed by atoms with Crippen LogP contribution in [0, 0.1) is 27.7 Å². The molecule has 1 N–H and O–H groups in total. The van der Waals surface area contributed by atoms with Gasteiger partial charge in [-0.3, -0.25) is 9.10 Å². The number of hydrogen-bond donors (Lipinski definition) is 1. The van der Waals surface area contributed by atoms with Crippen LogP contribution in [0.3, 0.4) is 0 Å². The number of benzene rings is 2. The van der Waals surface area contributed by atoms with Gasteiger partial charge < -0.3 is 4.57 Å². The van der Waals surface area contributed by atoms with Crippen molar-refractivity contribution < 1.29 is 13.2 Å². The van der Waals surface area contributed by atoms with Crippen molar-refractivity contribution >= 4 is 27.8 Å². The molecule has 0 atom stereocenters. The van der Waals surface area contributed by atoms with Crippen molar-refractivity contribution in [2.75, 3.05) is 17.1 Å². The summed E-state index contributed by atoms with van der Waals surface area (Å²) in [6.07, 6.45) is 3.33. The first-order valence-corrected chi connectivity index (χ1v) is 13.0. The monoisotopic (exact) mass is 480 g/mol. The van der Waals surface area contributed by atoms with Crippen LogP contribution in [-0.2, 0) is 21.2 Å². The van der Waals surface area contributed by atoms with Crippen molar-refractivity contribution in [1.82, 2.24) is 9.99 Å². The maximum atomic E-state index is 12.6. The average Bonchev–Trinajstić information content (AvgIpc) is 3.04. The van der Waals surface area contributed by atoms with Crippen LogP contribution in [0.1, 0.15) is 40.6 Å². The molecular weight excluding hydrogens is 448 g/mol. The van der Waals surface area contributed by atoms with Gasteiger partial charge in [-0.2, -0.15) is 5.10 Å². The second kappa shape index (κ2) is 10.3. The molecule has 1 aromatic heterocycles. The standard InChI is InChI=1S/C26H32N4O3S/c1-7-22-10-8-9-11-25(22)29(34(6,32)33)17-26(31)28-27-16-23-15-20(4)30(21(23)5)24-13-12-18(2)14-19(24)3/h8-16H,7,17H2,1-6H3,(H,28,31)/b27-16+. The number of aryl methyl sites for hydroxylation is 4. The number of nitrogens with one attached hydrogen (secondary N) is 1. The SMILES string of the molecule is CCc1ccccc1N(CC(=O)N/N=C/c1cc(C)n(-c2ccc(C)cc2C)c1C)S(C)(=O)=O. The van der Waals surface area contributed by atoms with Gasteiger partial charge in [-0.05, 0) is 63.4 Å². The molecule has 0 saturated carbocycles. The van der Waals surface area contributed by atoms with Gasteiger partial charge in [-0.1, -0.05) is 42.8 Å². The fourth-order valence-electron chi connectivity index (χ4n) is 4.12. The zero-order valence-electron chi connectivity index (χ0n) is 20.6. The molecule has 8 heteroatoms. The Bertz CT molecular complexity index is 1340. The first-order valence-electron chi connectivity index (χ1n) is 11.2. The summed E-state index contributed by atoms with van der Waals surface area (Å²) in [4.78, 5) is 12.6. The molecule has 3 rings (SSSR count). The van der Waals surface area contributed by atoms with Gasteiger partial charge in [-0.15, -0.1) is 0 Å². The predicted molar refractivity (Wildman–Crippen MR) is 138 cm³/mol. The van der Waals surface area contributed by atoms with E-state index in [2.05, 4.69) is 47.1 Å². The van der Waals surface area contributed by atoms with Crippen molar-refractivity contribution in [3.63, 3.8) is 0 Å². The average molecular weight is 481 g/mol. The third-order valence-corrected chi connectivity index (χ3v) is 6.91. The van der Waals surface area contributed by atoms with Gasteiger partial charge in [-0.25, -0.2) is 13.8 Å². The number of rotatable bonds is 8. The molecule has 0 radical (unpaired) electrons. The van der Waals surface area contributed by atoms with E-state index in [9.17, 15) is 13.2 Å². The number of carbonyl (C=O) groups excluding carboxylic acids is 1. The molecule has 0 fully saturated rings. The number of para-hydroxylation sites is 1. The van der Waals surface area contributed by atoms with Crippen molar-refractivity contribution in [3.05, 3.63) is 82.2 Å². The summed E-state index contributed by atoms with van der Waals surface area (Å²) < 4.78 is 28.1. The van der Waals surface area contributed by atoms with Crippen molar-refractivity contribution in [3.8, 4) is 5.69 Å². The Kier molecular flexibility index (Phi) is 7.61. The number of sulfonamides is 1. The van der Waals surface area contributed by atoms with Gasteiger partial charge in [0.05, 0.1) is 18.2 Å². The molecule has 2 aromatic carbocycles. The Hall–Kier alpha value is -3.39. The van der Waals surface area contributed by atoms with Gasteiger partial charge >= 0.3 is 0 Å². The lowest BCUT2D eigenvalue weighted by atomic mass is 10.1. The number of anilines is 1. The predicted octanol–water partition coefficient (Wildman–Crippen LogP) is 4.19. The maximum absolute atomic E-state index is 12.6. The lowest BCUT2D eigenvalue weighted by Crippen LogP contribution is -2.39. The molecule has 1 amide bonds. The van der Waals surface area contributed by atoms with E-state index in [4.69, 9.17) is 0 Å². The highest BCUT2D eigenvalue weighted by Crippen LogP contribution is 2.24. The smallest absolute Gasteiger partial charge is 0.260 e. The maximum Gasteiger partial charge on any atom is 0.260 e. The second-order valence-corrected chi connectivity index (χ2v) is 10.4. The summed E-state index contributed by atoms with van der Waals surface area (Å²) in [5.74, 6) is -0.518. The minimum atomic E-state index is -3.65.